The summed E-state index contributed by atoms with van der Waals surface area (Å²) in [5, 5.41) is 6.75. The van der Waals surface area contributed by atoms with Crippen molar-refractivity contribution in [3.63, 3.8) is 0 Å². The second-order valence-corrected chi connectivity index (χ2v) is 9.50. The monoisotopic (exact) mass is 354 g/mol. The lowest BCUT2D eigenvalue weighted by atomic mass is 9.92. The third-order valence-corrected chi connectivity index (χ3v) is 6.21. The van der Waals surface area contributed by atoms with Crippen LogP contribution in [0.25, 0.3) is 0 Å². The highest BCUT2D eigenvalue weighted by molar-refractivity contribution is 7.93. The minimum absolute atomic E-state index is 0.257. The van der Waals surface area contributed by atoms with E-state index >= 15 is 0 Å². The average Bonchev–Trinajstić information content (AvgIpc) is 3.18. The summed E-state index contributed by atoms with van der Waals surface area (Å²) >= 11 is 1.26. The van der Waals surface area contributed by atoms with Crippen molar-refractivity contribution in [1.29, 1.82) is 0 Å². The molecule has 3 rings (SSSR count). The van der Waals surface area contributed by atoms with E-state index in [0.29, 0.717) is 16.9 Å². The SMILES string of the molecule is CC(C)(C)c1nn(C2CCCC2)cc1S(=O)(=O)Nc1nccs1. The molecule has 126 valence electrons. The topological polar surface area (TPSA) is 76.9 Å². The zero-order valence-corrected chi connectivity index (χ0v) is 15.2. The van der Waals surface area contributed by atoms with E-state index < -0.39 is 10.0 Å². The number of hydrogen-bond acceptors (Lipinski definition) is 5. The molecule has 2 aromatic heterocycles. The zero-order chi connectivity index (χ0) is 16.7. The molecule has 8 heteroatoms. The molecule has 1 N–H and O–H groups in total. The minimum atomic E-state index is -3.69. The molecule has 2 aromatic rings. The molecule has 1 aliphatic carbocycles. The quantitative estimate of drug-likeness (QED) is 0.911. The number of hydrogen-bond donors (Lipinski definition) is 1. The highest BCUT2D eigenvalue weighted by atomic mass is 32.2. The van der Waals surface area contributed by atoms with E-state index in [-0.39, 0.29) is 10.3 Å². The third kappa shape index (κ3) is 3.42. The molecule has 0 radical (unpaired) electrons. The number of thiazole rings is 1. The predicted molar refractivity (Wildman–Crippen MR) is 91.4 cm³/mol. The fraction of sp³-hybridized carbons (Fsp3) is 0.600. The summed E-state index contributed by atoms with van der Waals surface area (Å²) < 4.78 is 30.0. The van der Waals surface area contributed by atoms with Crippen LogP contribution in [0.3, 0.4) is 0 Å². The lowest BCUT2D eigenvalue weighted by molar-refractivity contribution is 0.448. The second kappa shape index (κ2) is 5.90. The van der Waals surface area contributed by atoms with Gasteiger partial charge < -0.3 is 0 Å². The summed E-state index contributed by atoms with van der Waals surface area (Å²) in [6, 6.07) is 0.305. The molecule has 0 bridgehead atoms. The van der Waals surface area contributed by atoms with Crippen LogP contribution in [-0.2, 0) is 15.4 Å². The van der Waals surface area contributed by atoms with Crippen molar-refractivity contribution in [2.24, 2.45) is 0 Å². The van der Waals surface area contributed by atoms with Gasteiger partial charge in [0.25, 0.3) is 10.0 Å². The average molecular weight is 355 g/mol. The van der Waals surface area contributed by atoms with Crippen LogP contribution in [0, 0.1) is 0 Å². The van der Waals surface area contributed by atoms with Gasteiger partial charge in [0, 0.05) is 23.2 Å². The molecule has 0 unspecified atom stereocenters. The molecule has 0 aromatic carbocycles. The highest BCUT2D eigenvalue weighted by Gasteiger charge is 2.32. The van der Waals surface area contributed by atoms with Gasteiger partial charge in [-0.15, -0.1) is 11.3 Å². The van der Waals surface area contributed by atoms with Gasteiger partial charge in [-0.25, -0.2) is 13.4 Å². The van der Waals surface area contributed by atoms with E-state index in [1.54, 1.807) is 17.8 Å². The number of nitrogens with one attached hydrogen (secondary N) is 1. The molecule has 0 aliphatic heterocycles. The van der Waals surface area contributed by atoms with Gasteiger partial charge in [-0.1, -0.05) is 33.6 Å². The maximum absolute atomic E-state index is 12.8. The first-order chi connectivity index (χ1) is 10.8. The van der Waals surface area contributed by atoms with E-state index in [1.807, 2.05) is 25.5 Å². The minimum Gasteiger partial charge on any atom is -0.268 e. The highest BCUT2D eigenvalue weighted by Crippen LogP contribution is 2.34. The van der Waals surface area contributed by atoms with Crippen LogP contribution in [0.15, 0.2) is 22.7 Å². The molecule has 23 heavy (non-hydrogen) atoms. The fourth-order valence-electron chi connectivity index (χ4n) is 2.89. The maximum atomic E-state index is 12.8. The Bertz CT molecular complexity index is 767. The summed E-state index contributed by atoms with van der Waals surface area (Å²) in [5.74, 6) is 0. The lowest BCUT2D eigenvalue weighted by Crippen LogP contribution is -2.20. The molecule has 6 nitrogen and oxygen atoms in total. The fourth-order valence-corrected chi connectivity index (χ4v) is 5.03. The van der Waals surface area contributed by atoms with Crippen LogP contribution >= 0.6 is 11.3 Å². The molecule has 1 aliphatic rings. The summed E-state index contributed by atoms with van der Waals surface area (Å²) in [6.45, 7) is 5.95. The number of sulfonamides is 1. The van der Waals surface area contributed by atoms with Crippen molar-refractivity contribution in [2.75, 3.05) is 4.72 Å². The van der Waals surface area contributed by atoms with Crippen LogP contribution in [0.5, 0.6) is 0 Å². The van der Waals surface area contributed by atoms with Crippen molar-refractivity contribution in [1.82, 2.24) is 14.8 Å². The first-order valence-electron chi connectivity index (χ1n) is 7.79. The van der Waals surface area contributed by atoms with Crippen molar-refractivity contribution >= 4 is 26.5 Å². The summed E-state index contributed by atoms with van der Waals surface area (Å²) in [5.41, 5.74) is 0.255. The van der Waals surface area contributed by atoms with E-state index in [4.69, 9.17) is 0 Å². The van der Waals surface area contributed by atoms with E-state index in [2.05, 4.69) is 14.8 Å². The summed E-state index contributed by atoms with van der Waals surface area (Å²) in [6.07, 6.45) is 7.74. The Balaban J connectivity index is 2.02. The molecule has 2 heterocycles. The molecule has 1 fully saturated rings. The molecule has 0 atom stereocenters. The van der Waals surface area contributed by atoms with Gasteiger partial charge in [-0.2, -0.15) is 5.10 Å². The molecular formula is C15H22N4O2S2. The van der Waals surface area contributed by atoms with Crippen molar-refractivity contribution in [3.8, 4) is 0 Å². The second-order valence-electron chi connectivity index (χ2n) is 6.95. The number of nitrogens with zero attached hydrogens (tertiary/aromatic N) is 3. The van der Waals surface area contributed by atoms with Crippen molar-refractivity contribution < 1.29 is 8.42 Å². The number of anilines is 1. The Morgan fingerprint density at radius 2 is 2.00 bits per heavy atom. The van der Waals surface area contributed by atoms with Gasteiger partial charge in [-0.05, 0) is 12.8 Å². The predicted octanol–water partition coefficient (Wildman–Crippen LogP) is 3.55. The van der Waals surface area contributed by atoms with Crippen LogP contribution in [0.1, 0.15) is 58.2 Å². The maximum Gasteiger partial charge on any atom is 0.267 e. The van der Waals surface area contributed by atoms with Crippen LogP contribution in [0.4, 0.5) is 5.13 Å². The first kappa shape index (κ1) is 16.4. The lowest BCUT2D eigenvalue weighted by Gasteiger charge is -2.17. The third-order valence-electron chi connectivity index (χ3n) is 4.05. The number of rotatable bonds is 4. The van der Waals surface area contributed by atoms with Crippen molar-refractivity contribution in [2.45, 2.75) is 62.8 Å². The van der Waals surface area contributed by atoms with E-state index in [1.165, 1.54) is 24.2 Å². The van der Waals surface area contributed by atoms with Crippen LogP contribution < -0.4 is 4.72 Å². The molecule has 0 amide bonds. The standard InChI is InChI=1S/C15H22N4O2S2/c1-15(2,3)13-12(10-19(17-13)11-6-4-5-7-11)23(20,21)18-14-16-8-9-22-14/h8-11H,4-7H2,1-3H3,(H,16,18). The van der Waals surface area contributed by atoms with E-state index in [9.17, 15) is 8.42 Å². The largest absolute Gasteiger partial charge is 0.268 e. The van der Waals surface area contributed by atoms with Gasteiger partial charge >= 0.3 is 0 Å². The van der Waals surface area contributed by atoms with Gasteiger partial charge in [0.2, 0.25) is 0 Å². The molecule has 1 saturated carbocycles. The summed E-state index contributed by atoms with van der Waals surface area (Å²) in [4.78, 5) is 4.26. The molecule has 0 spiro atoms. The Hall–Kier alpha value is -1.41. The van der Waals surface area contributed by atoms with Gasteiger partial charge in [0.15, 0.2) is 5.13 Å². The zero-order valence-electron chi connectivity index (χ0n) is 13.6. The Kier molecular flexibility index (Phi) is 4.22. The Morgan fingerprint density at radius 3 is 2.57 bits per heavy atom. The Labute approximate surface area is 141 Å². The number of aromatic nitrogens is 3. The van der Waals surface area contributed by atoms with E-state index in [0.717, 1.165) is 12.8 Å². The van der Waals surface area contributed by atoms with Crippen LogP contribution in [0.2, 0.25) is 0 Å². The van der Waals surface area contributed by atoms with Crippen molar-refractivity contribution in [3.05, 3.63) is 23.5 Å². The Morgan fingerprint density at radius 1 is 1.30 bits per heavy atom. The van der Waals surface area contributed by atoms with Gasteiger partial charge in [0.05, 0.1) is 11.7 Å². The van der Waals surface area contributed by atoms with Gasteiger partial charge in [-0.3, -0.25) is 9.40 Å². The normalized spacial score (nSPS) is 16.8. The summed E-state index contributed by atoms with van der Waals surface area (Å²) in [7, 11) is -3.69. The molecule has 0 saturated heterocycles. The first-order valence-corrected chi connectivity index (χ1v) is 10.2. The van der Waals surface area contributed by atoms with Gasteiger partial charge in [0.1, 0.15) is 4.90 Å². The smallest absolute Gasteiger partial charge is 0.267 e. The molecular weight excluding hydrogens is 332 g/mol. The van der Waals surface area contributed by atoms with Crippen LogP contribution in [-0.4, -0.2) is 23.2 Å².